The molecule has 4 rings (SSSR count). The minimum absolute atomic E-state index is 0.198. The van der Waals surface area contributed by atoms with E-state index in [-0.39, 0.29) is 12.6 Å². The summed E-state index contributed by atoms with van der Waals surface area (Å²) < 4.78 is 11.7. The second kappa shape index (κ2) is 6.11. The molecule has 0 saturated heterocycles. The van der Waals surface area contributed by atoms with Gasteiger partial charge in [0.25, 0.3) is 0 Å². The van der Waals surface area contributed by atoms with Crippen LogP contribution in [-0.4, -0.2) is 11.8 Å². The van der Waals surface area contributed by atoms with Gasteiger partial charge >= 0.3 is 0 Å². The van der Waals surface area contributed by atoms with Gasteiger partial charge in [-0.2, -0.15) is 5.26 Å². The number of nitrogens with two attached hydrogens (primary N) is 1. The molecule has 0 radical (unpaired) electrons. The molecule has 0 aliphatic carbocycles. The van der Waals surface area contributed by atoms with Gasteiger partial charge in [-0.05, 0) is 29.8 Å². The number of anilines is 1. The Hall–Kier alpha value is -3.04. The van der Waals surface area contributed by atoms with Crippen molar-refractivity contribution in [2.24, 2.45) is 0 Å². The molecule has 0 unspecified atom stereocenters. The van der Waals surface area contributed by atoms with E-state index in [0.29, 0.717) is 28.3 Å². The van der Waals surface area contributed by atoms with E-state index in [2.05, 4.69) is 27.0 Å². The predicted octanol–water partition coefficient (Wildman–Crippen LogP) is 4.36. The van der Waals surface area contributed by atoms with Gasteiger partial charge in [0.05, 0.1) is 5.69 Å². The van der Waals surface area contributed by atoms with Crippen molar-refractivity contribution in [1.29, 1.82) is 5.26 Å². The highest BCUT2D eigenvalue weighted by atomic mass is 79.9. The van der Waals surface area contributed by atoms with E-state index in [9.17, 15) is 5.26 Å². The fourth-order valence-corrected chi connectivity index (χ4v) is 3.27. The third-order valence-corrected chi connectivity index (χ3v) is 4.68. The molecule has 1 aliphatic heterocycles. The zero-order valence-corrected chi connectivity index (χ0v) is 14.6. The summed E-state index contributed by atoms with van der Waals surface area (Å²) in [6.07, 6.45) is 0. The first-order chi connectivity index (χ1) is 12.2. The summed E-state index contributed by atoms with van der Waals surface area (Å²) in [5.74, 6) is 1.54. The Kier molecular flexibility index (Phi) is 3.79. The summed E-state index contributed by atoms with van der Waals surface area (Å²) in [7, 11) is 0. The molecule has 5 nitrogen and oxygen atoms in total. The first-order valence-corrected chi connectivity index (χ1v) is 8.32. The van der Waals surface area contributed by atoms with Crippen LogP contribution in [0.1, 0.15) is 5.56 Å². The predicted molar refractivity (Wildman–Crippen MR) is 98.1 cm³/mol. The largest absolute Gasteiger partial charge is 0.454 e. The van der Waals surface area contributed by atoms with Crippen LogP contribution in [0.2, 0.25) is 0 Å². The van der Waals surface area contributed by atoms with Gasteiger partial charge < -0.3 is 15.2 Å². The quantitative estimate of drug-likeness (QED) is 0.699. The van der Waals surface area contributed by atoms with E-state index in [1.54, 1.807) is 0 Å². The van der Waals surface area contributed by atoms with Gasteiger partial charge in [0.15, 0.2) is 11.5 Å². The Bertz CT molecular complexity index is 1030. The zero-order valence-electron chi connectivity index (χ0n) is 13.0. The molecule has 1 aromatic heterocycles. The number of halogens is 1. The van der Waals surface area contributed by atoms with Crippen molar-refractivity contribution in [2.45, 2.75) is 0 Å². The maximum atomic E-state index is 9.53. The molecule has 2 N–H and O–H groups in total. The average Bonchev–Trinajstić information content (AvgIpc) is 3.09. The summed E-state index contributed by atoms with van der Waals surface area (Å²) in [6, 6.07) is 17.3. The lowest BCUT2D eigenvalue weighted by Crippen LogP contribution is -2.00. The number of ether oxygens (including phenoxy) is 2. The summed E-state index contributed by atoms with van der Waals surface area (Å²) in [5.41, 5.74) is 9.53. The number of rotatable bonds is 2. The molecule has 3 aromatic rings. The van der Waals surface area contributed by atoms with Gasteiger partial charge in [0.2, 0.25) is 6.79 Å². The van der Waals surface area contributed by atoms with Crippen LogP contribution >= 0.6 is 15.9 Å². The Balaban J connectivity index is 1.92. The number of fused-ring (bicyclic) bond motifs is 1. The van der Waals surface area contributed by atoms with Gasteiger partial charge in [0.1, 0.15) is 17.5 Å². The van der Waals surface area contributed by atoms with Crippen molar-refractivity contribution in [3.05, 3.63) is 58.6 Å². The van der Waals surface area contributed by atoms with E-state index in [1.165, 1.54) is 0 Å². The van der Waals surface area contributed by atoms with Crippen LogP contribution in [0.4, 0.5) is 5.82 Å². The molecular weight excluding hydrogens is 382 g/mol. The molecule has 0 saturated carbocycles. The van der Waals surface area contributed by atoms with Crippen molar-refractivity contribution in [3.63, 3.8) is 0 Å². The lowest BCUT2D eigenvalue weighted by atomic mass is 9.98. The fourth-order valence-electron chi connectivity index (χ4n) is 2.78. The van der Waals surface area contributed by atoms with Crippen molar-refractivity contribution >= 4 is 21.7 Å². The molecule has 2 aromatic carbocycles. The van der Waals surface area contributed by atoms with Crippen molar-refractivity contribution in [2.75, 3.05) is 12.5 Å². The second-order valence-corrected chi connectivity index (χ2v) is 6.33. The van der Waals surface area contributed by atoms with E-state index in [4.69, 9.17) is 15.2 Å². The third-order valence-electron chi connectivity index (χ3n) is 3.99. The zero-order chi connectivity index (χ0) is 17.4. The summed E-state index contributed by atoms with van der Waals surface area (Å²) >= 11 is 3.53. The highest BCUT2D eigenvalue weighted by Gasteiger charge is 2.18. The van der Waals surface area contributed by atoms with Crippen molar-refractivity contribution in [1.82, 2.24) is 4.98 Å². The summed E-state index contributed by atoms with van der Waals surface area (Å²) in [5, 5.41) is 9.53. The molecule has 2 heterocycles. The number of hydrogen-bond acceptors (Lipinski definition) is 5. The first kappa shape index (κ1) is 15.5. The standard InChI is InChI=1S/C19H12BrN3O2/c20-15-4-2-1-3-12(15)16-8-13(14(9-21)19(22)23-16)11-5-6-17-18(7-11)25-10-24-17/h1-8H,10H2,(H2,22,23). The SMILES string of the molecule is N#Cc1c(-c2ccc3c(c2)OCO3)cc(-c2ccccc2Br)nc1N. The van der Waals surface area contributed by atoms with Gasteiger partial charge in [0, 0.05) is 15.6 Å². The molecular formula is C19H12BrN3O2. The van der Waals surface area contributed by atoms with Crippen molar-refractivity contribution < 1.29 is 9.47 Å². The normalized spacial score (nSPS) is 12.0. The van der Waals surface area contributed by atoms with Crippen LogP contribution in [0, 0.1) is 11.3 Å². The molecule has 0 fully saturated rings. The number of nitrogen functional groups attached to an aromatic ring is 1. The monoisotopic (exact) mass is 393 g/mol. The number of aromatic nitrogens is 1. The second-order valence-electron chi connectivity index (χ2n) is 5.47. The maximum absolute atomic E-state index is 9.53. The van der Waals surface area contributed by atoms with Crippen LogP contribution in [0.5, 0.6) is 11.5 Å². The van der Waals surface area contributed by atoms with Crippen LogP contribution < -0.4 is 15.2 Å². The van der Waals surface area contributed by atoms with Crippen LogP contribution in [0.3, 0.4) is 0 Å². The van der Waals surface area contributed by atoms with Crippen LogP contribution in [0.15, 0.2) is 53.0 Å². The first-order valence-electron chi connectivity index (χ1n) is 7.53. The number of benzene rings is 2. The van der Waals surface area contributed by atoms with Crippen LogP contribution in [-0.2, 0) is 0 Å². The fraction of sp³-hybridized carbons (Fsp3) is 0.0526. The Labute approximate surface area is 152 Å². The Morgan fingerprint density at radius 3 is 2.64 bits per heavy atom. The highest BCUT2D eigenvalue weighted by molar-refractivity contribution is 9.10. The number of nitriles is 1. The Morgan fingerprint density at radius 1 is 1.04 bits per heavy atom. The smallest absolute Gasteiger partial charge is 0.231 e. The molecule has 1 aliphatic rings. The maximum Gasteiger partial charge on any atom is 0.231 e. The highest BCUT2D eigenvalue weighted by Crippen LogP contribution is 2.39. The molecule has 0 spiro atoms. The molecule has 0 atom stereocenters. The molecule has 6 heteroatoms. The van der Waals surface area contributed by atoms with Gasteiger partial charge in [-0.1, -0.05) is 40.2 Å². The summed E-state index contributed by atoms with van der Waals surface area (Å²) in [6.45, 7) is 0.199. The average molecular weight is 394 g/mol. The van der Waals surface area contributed by atoms with E-state index in [1.807, 2.05) is 48.5 Å². The van der Waals surface area contributed by atoms with Gasteiger partial charge in [-0.25, -0.2) is 4.98 Å². The van der Waals surface area contributed by atoms with Gasteiger partial charge in [-0.3, -0.25) is 0 Å². The van der Waals surface area contributed by atoms with Gasteiger partial charge in [-0.15, -0.1) is 0 Å². The molecule has 0 bridgehead atoms. The van der Waals surface area contributed by atoms with Crippen molar-refractivity contribution in [3.8, 4) is 40.0 Å². The van der Waals surface area contributed by atoms with E-state index < -0.39 is 0 Å². The number of nitrogens with zero attached hydrogens (tertiary/aromatic N) is 2. The summed E-state index contributed by atoms with van der Waals surface area (Å²) in [4.78, 5) is 4.40. The van der Waals surface area contributed by atoms with E-state index >= 15 is 0 Å². The minimum Gasteiger partial charge on any atom is -0.454 e. The third kappa shape index (κ3) is 2.69. The Morgan fingerprint density at radius 2 is 1.84 bits per heavy atom. The topological polar surface area (TPSA) is 81.2 Å². The lowest BCUT2D eigenvalue weighted by molar-refractivity contribution is 0.174. The van der Waals surface area contributed by atoms with Crippen LogP contribution in [0.25, 0.3) is 22.4 Å². The number of pyridine rings is 1. The molecule has 0 amide bonds. The van der Waals surface area contributed by atoms with E-state index in [0.717, 1.165) is 15.6 Å². The minimum atomic E-state index is 0.198. The molecule has 122 valence electrons. The number of hydrogen-bond donors (Lipinski definition) is 1. The lowest BCUT2D eigenvalue weighted by Gasteiger charge is -2.11. The molecule has 25 heavy (non-hydrogen) atoms.